The molecule has 1 amide bonds. The molecular weight excluding hydrogens is 261 g/mol. The topological polar surface area (TPSA) is 49.3 Å². The number of rotatable bonds is 3. The number of hydrogen-bond donors (Lipinski definition) is 2. The first-order valence-corrected chi connectivity index (χ1v) is 5.96. The lowest BCUT2D eigenvalue weighted by Gasteiger charge is -2.29. The summed E-state index contributed by atoms with van der Waals surface area (Å²) in [5.74, 6) is -0.397. The van der Waals surface area contributed by atoms with E-state index in [1.807, 2.05) is 0 Å². The van der Waals surface area contributed by atoms with Crippen LogP contribution in [-0.4, -0.2) is 22.7 Å². The smallest absolute Gasteiger partial charge is 0.254 e. The first kappa shape index (κ1) is 14.3. The van der Waals surface area contributed by atoms with Gasteiger partial charge in [0.15, 0.2) is 0 Å². The molecule has 17 heavy (non-hydrogen) atoms. The number of aliphatic hydroxyl groups excluding tert-OH is 1. The van der Waals surface area contributed by atoms with E-state index in [2.05, 4.69) is 5.32 Å². The van der Waals surface area contributed by atoms with Gasteiger partial charge in [0.2, 0.25) is 0 Å². The largest absolute Gasteiger partial charge is 0.391 e. The molecular formula is C12H15Cl2NO2. The summed E-state index contributed by atoms with van der Waals surface area (Å²) in [4.78, 5) is 12.0. The molecule has 0 aliphatic rings. The van der Waals surface area contributed by atoms with Gasteiger partial charge in [-0.25, -0.2) is 0 Å². The molecule has 0 heterocycles. The lowest BCUT2D eigenvalue weighted by Crippen LogP contribution is -2.51. The van der Waals surface area contributed by atoms with Crippen molar-refractivity contribution in [1.29, 1.82) is 0 Å². The van der Waals surface area contributed by atoms with Crippen LogP contribution in [0.4, 0.5) is 0 Å². The molecule has 94 valence electrons. The zero-order chi connectivity index (χ0) is 13.2. The first-order chi connectivity index (χ1) is 7.75. The standard InChI is InChI=1S/C12H15Cl2NO2/c1-7(16)12(2,3)15-11(17)10-8(13)5-4-6-9(10)14/h4-7,16H,1-3H3,(H,15,17). The minimum absolute atomic E-state index is 0.226. The predicted molar refractivity (Wildman–Crippen MR) is 69.7 cm³/mol. The van der Waals surface area contributed by atoms with Crippen molar-refractivity contribution in [3.05, 3.63) is 33.8 Å². The molecule has 0 aliphatic heterocycles. The molecule has 1 aromatic carbocycles. The number of carbonyl (C=O) groups is 1. The molecule has 3 nitrogen and oxygen atoms in total. The highest BCUT2D eigenvalue weighted by Gasteiger charge is 2.28. The van der Waals surface area contributed by atoms with Crippen molar-refractivity contribution in [1.82, 2.24) is 5.32 Å². The summed E-state index contributed by atoms with van der Waals surface area (Å²) in [6.45, 7) is 5.05. The minimum Gasteiger partial charge on any atom is -0.391 e. The number of hydrogen-bond acceptors (Lipinski definition) is 2. The SMILES string of the molecule is CC(O)C(C)(C)NC(=O)c1c(Cl)cccc1Cl. The first-order valence-electron chi connectivity index (χ1n) is 5.20. The second-order valence-electron chi connectivity index (χ2n) is 4.45. The van der Waals surface area contributed by atoms with Crippen LogP contribution in [0.3, 0.4) is 0 Å². The quantitative estimate of drug-likeness (QED) is 0.891. The maximum Gasteiger partial charge on any atom is 0.254 e. The third kappa shape index (κ3) is 3.35. The Bertz CT molecular complexity index is 410. The lowest BCUT2D eigenvalue weighted by atomic mass is 9.98. The number of carbonyl (C=O) groups excluding carboxylic acids is 1. The van der Waals surface area contributed by atoms with E-state index in [4.69, 9.17) is 23.2 Å². The number of benzene rings is 1. The van der Waals surface area contributed by atoms with Gasteiger partial charge in [0.25, 0.3) is 5.91 Å². The summed E-state index contributed by atoms with van der Waals surface area (Å²) in [5.41, 5.74) is -0.524. The number of nitrogens with one attached hydrogen (secondary N) is 1. The molecule has 0 spiro atoms. The van der Waals surface area contributed by atoms with Crippen LogP contribution >= 0.6 is 23.2 Å². The van der Waals surface area contributed by atoms with E-state index in [0.717, 1.165) is 0 Å². The van der Waals surface area contributed by atoms with E-state index in [-0.39, 0.29) is 15.6 Å². The zero-order valence-corrected chi connectivity index (χ0v) is 11.4. The van der Waals surface area contributed by atoms with Crippen LogP contribution in [0.15, 0.2) is 18.2 Å². The van der Waals surface area contributed by atoms with E-state index in [1.54, 1.807) is 39.0 Å². The number of aliphatic hydroxyl groups is 1. The molecule has 0 aromatic heterocycles. The van der Waals surface area contributed by atoms with Crippen LogP contribution in [-0.2, 0) is 0 Å². The fraction of sp³-hybridized carbons (Fsp3) is 0.417. The van der Waals surface area contributed by atoms with Crippen LogP contribution in [0, 0.1) is 0 Å². The molecule has 5 heteroatoms. The molecule has 2 N–H and O–H groups in total. The van der Waals surface area contributed by atoms with Gasteiger partial charge in [-0.3, -0.25) is 4.79 Å². The number of halogens is 2. The highest BCUT2D eigenvalue weighted by Crippen LogP contribution is 2.25. The van der Waals surface area contributed by atoms with Crippen molar-refractivity contribution in [3.63, 3.8) is 0 Å². The Hall–Kier alpha value is -0.770. The summed E-state index contributed by atoms with van der Waals surface area (Å²) >= 11 is 11.9. The van der Waals surface area contributed by atoms with Gasteiger partial charge in [-0.05, 0) is 32.9 Å². The van der Waals surface area contributed by atoms with Gasteiger partial charge in [-0.2, -0.15) is 0 Å². The molecule has 0 saturated heterocycles. The summed E-state index contributed by atoms with van der Waals surface area (Å²) in [7, 11) is 0. The second-order valence-corrected chi connectivity index (χ2v) is 5.26. The minimum atomic E-state index is -0.750. The van der Waals surface area contributed by atoms with Crippen LogP contribution in [0.5, 0.6) is 0 Å². The van der Waals surface area contributed by atoms with Crippen molar-refractivity contribution in [2.75, 3.05) is 0 Å². The molecule has 1 unspecified atom stereocenters. The van der Waals surface area contributed by atoms with Crippen molar-refractivity contribution < 1.29 is 9.90 Å². The van der Waals surface area contributed by atoms with Crippen LogP contribution < -0.4 is 5.32 Å². The Balaban J connectivity index is 2.99. The van der Waals surface area contributed by atoms with Crippen molar-refractivity contribution in [2.24, 2.45) is 0 Å². The Morgan fingerprint density at radius 2 is 1.82 bits per heavy atom. The Morgan fingerprint density at radius 3 is 2.24 bits per heavy atom. The maximum absolute atomic E-state index is 12.0. The normalized spacial score (nSPS) is 13.3. The highest BCUT2D eigenvalue weighted by molar-refractivity contribution is 6.39. The second kappa shape index (κ2) is 5.25. The highest BCUT2D eigenvalue weighted by atomic mass is 35.5. The fourth-order valence-corrected chi connectivity index (χ4v) is 1.74. The maximum atomic E-state index is 12.0. The molecule has 0 fully saturated rings. The van der Waals surface area contributed by atoms with E-state index < -0.39 is 17.6 Å². The van der Waals surface area contributed by atoms with Crippen molar-refractivity contribution >= 4 is 29.1 Å². The Kier molecular flexibility index (Phi) is 4.42. The van der Waals surface area contributed by atoms with Crippen LogP contribution in [0.1, 0.15) is 31.1 Å². The Labute approximate surface area is 111 Å². The summed E-state index contributed by atoms with van der Waals surface area (Å²) in [6.07, 6.45) is -0.687. The van der Waals surface area contributed by atoms with E-state index >= 15 is 0 Å². The van der Waals surface area contributed by atoms with Crippen LogP contribution in [0.2, 0.25) is 10.0 Å². The zero-order valence-electron chi connectivity index (χ0n) is 9.92. The summed E-state index contributed by atoms with van der Waals surface area (Å²) < 4.78 is 0. The van der Waals surface area contributed by atoms with Gasteiger partial charge < -0.3 is 10.4 Å². The molecule has 1 rings (SSSR count). The molecule has 0 aliphatic carbocycles. The van der Waals surface area contributed by atoms with Gasteiger partial charge in [-0.15, -0.1) is 0 Å². The number of amides is 1. The van der Waals surface area contributed by atoms with Gasteiger partial charge in [0.1, 0.15) is 0 Å². The van der Waals surface area contributed by atoms with Gasteiger partial charge >= 0.3 is 0 Å². The van der Waals surface area contributed by atoms with Gasteiger partial charge in [-0.1, -0.05) is 29.3 Å². The predicted octanol–water partition coefficient (Wildman–Crippen LogP) is 2.88. The third-order valence-corrected chi connectivity index (χ3v) is 3.30. The molecule has 0 radical (unpaired) electrons. The fourth-order valence-electron chi connectivity index (χ4n) is 1.17. The van der Waals surface area contributed by atoms with E-state index in [0.29, 0.717) is 0 Å². The summed E-state index contributed by atoms with van der Waals surface area (Å²) in [6, 6.07) is 4.86. The Morgan fingerprint density at radius 1 is 1.35 bits per heavy atom. The third-order valence-electron chi connectivity index (χ3n) is 2.67. The van der Waals surface area contributed by atoms with Crippen molar-refractivity contribution in [2.45, 2.75) is 32.4 Å². The molecule has 1 atom stereocenters. The average Bonchev–Trinajstić information content (AvgIpc) is 2.15. The molecule has 1 aromatic rings. The average molecular weight is 276 g/mol. The summed E-state index contributed by atoms with van der Waals surface area (Å²) in [5, 5.41) is 12.8. The van der Waals surface area contributed by atoms with Gasteiger partial charge in [0.05, 0.1) is 27.3 Å². The van der Waals surface area contributed by atoms with E-state index in [9.17, 15) is 9.90 Å². The van der Waals surface area contributed by atoms with Crippen LogP contribution in [0.25, 0.3) is 0 Å². The molecule has 0 bridgehead atoms. The van der Waals surface area contributed by atoms with E-state index in [1.165, 1.54) is 0 Å². The van der Waals surface area contributed by atoms with Gasteiger partial charge in [0, 0.05) is 0 Å². The molecule has 0 saturated carbocycles. The monoisotopic (exact) mass is 275 g/mol. The lowest BCUT2D eigenvalue weighted by molar-refractivity contribution is 0.0709. The van der Waals surface area contributed by atoms with Crippen molar-refractivity contribution in [3.8, 4) is 0 Å².